The average molecular weight is 407 g/mol. The number of carbonyl (C=O) groups is 3. The lowest BCUT2D eigenvalue weighted by Crippen LogP contribution is -2.55. The van der Waals surface area contributed by atoms with Gasteiger partial charge in [0.05, 0.1) is 13.2 Å². The van der Waals surface area contributed by atoms with Gasteiger partial charge in [-0.2, -0.15) is 10.0 Å². The number of aliphatic imine (C=N–C) groups is 1. The maximum atomic E-state index is 12.8. The van der Waals surface area contributed by atoms with E-state index < -0.39 is 32.6 Å². The zero-order chi connectivity index (χ0) is 20.9. The third kappa shape index (κ3) is 4.88. The van der Waals surface area contributed by atoms with Gasteiger partial charge >= 0.3 is 18.2 Å². The van der Waals surface area contributed by atoms with Crippen LogP contribution in [0.15, 0.2) is 35.3 Å². The first-order chi connectivity index (χ1) is 13.2. The van der Waals surface area contributed by atoms with E-state index in [1.54, 1.807) is 44.2 Å². The van der Waals surface area contributed by atoms with Gasteiger partial charge in [0.25, 0.3) is 0 Å². The number of amidine groups is 1. The summed E-state index contributed by atoms with van der Waals surface area (Å²) in [4.78, 5) is 42.3. The first-order valence-electron chi connectivity index (χ1n) is 8.98. The van der Waals surface area contributed by atoms with Crippen LogP contribution < -0.4 is 0 Å². The number of carbonyl (C=O) groups excluding carboxylic acids is 3. The SMILES string of the molecule is CCOC(=O)N1C(c2ccccc2)=NC(C(=O)O[Si](C)(C)C)N1C(=O)OCC. The predicted molar refractivity (Wildman–Crippen MR) is 104 cm³/mol. The second-order valence-corrected chi connectivity index (χ2v) is 11.2. The zero-order valence-corrected chi connectivity index (χ0v) is 17.7. The van der Waals surface area contributed by atoms with Crippen molar-refractivity contribution >= 4 is 32.3 Å². The number of rotatable bonds is 5. The van der Waals surface area contributed by atoms with E-state index in [1.807, 2.05) is 19.6 Å². The van der Waals surface area contributed by atoms with Crippen LogP contribution in [0.3, 0.4) is 0 Å². The molecule has 10 heteroatoms. The van der Waals surface area contributed by atoms with Crippen molar-refractivity contribution in [2.45, 2.75) is 39.7 Å². The molecular formula is C18H25N3O6Si. The van der Waals surface area contributed by atoms with Gasteiger partial charge in [0.2, 0.25) is 14.5 Å². The van der Waals surface area contributed by atoms with Gasteiger partial charge in [-0.1, -0.05) is 30.3 Å². The van der Waals surface area contributed by atoms with Gasteiger partial charge in [0.15, 0.2) is 5.84 Å². The number of benzene rings is 1. The van der Waals surface area contributed by atoms with Crippen LogP contribution in [0.2, 0.25) is 19.6 Å². The normalized spacial score (nSPS) is 16.5. The van der Waals surface area contributed by atoms with E-state index in [4.69, 9.17) is 13.9 Å². The van der Waals surface area contributed by atoms with E-state index in [0.717, 1.165) is 10.0 Å². The molecule has 2 amide bonds. The second-order valence-electron chi connectivity index (χ2n) is 6.78. The summed E-state index contributed by atoms with van der Waals surface area (Å²) in [6.45, 7) is 8.90. The zero-order valence-electron chi connectivity index (χ0n) is 16.7. The largest absolute Gasteiger partial charge is 0.517 e. The fourth-order valence-corrected chi connectivity index (χ4v) is 3.17. The Balaban J connectivity index is 2.53. The van der Waals surface area contributed by atoms with Gasteiger partial charge in [-0.15, -0.1) is 0 Å². The topological polar surface area (TPSA) is 97.7 Å². The molecule has 0 saturated heterocycles. The van der Waals surface area contributed by atoms with Crippen LogP contribution in [-0.2, 0) is 18.7 Å². The Hall–Kier alpha value is -2.88. The van der Waals surface area contributed by atoms with Crippen molar-refractivity contribution in [3.63, 3.8) is 0 Å². The summed E-state index contributed by atoms with van der Waals surface area (Å²) >= 11 is 0. The van der Waals surface area contributed by atoms with E-state index >= 15 is 0 Å². The molecule has 1 aromatic carbocycles. The molecule has 0 spiro atoms. The van der Waals surface area contributed by atoms with Crippen molar-refractivity contribution in [2.75, 3.05) is 13.2 Å². The summed E-state index contributed by atoms with van der Waals surface area (Å²) < 4.78 is 15.6. The number of hydrogen-bond donors (Lipinski definition) is 0. The van der Waals surface area contributed by atoms with Crippen molar-refractivity contribution in [1.82, 2.24) is 10.0 Å². The molecule has 1 atom stereocenters. The maximum Gasteiger partial charge on any atom is 0.435 e. The van der Waals surface area contributed by atoms with Crippen molar-refractivity contribution in [3.8, 4) is 0 Å². The minimum atomic E-state index is -2.27. The fourth-order valence-electron chi connectivity index (χ4n) is 2.46. The minimum absolute atomic E-state index is 0.0580. The Bertz CT molecular complexity index is 762. The second kappa shape index (κ2) is 8.87. The van der Waals surface area contributed by atoms with Gasteiger partial charge in [0.1, 0.15) is 0 Å². The Labute approximate surface area is 165 Å². The van der Waals surface area contributed by atoms with Crippen molar-refractivity contribution < 1.29 is 28.3 Å². The Morgan fingerprint density at radius 3 is 2.11 bits per heavy atom. The first kappa shape index (κ1) is 21.4. The quantitative estimate of drug-likeness (QED) is 0.696. The number of ether oxygens (including phenoxy) is 2. The van der Waals surface area contributed by atoms with E-state index in [2.05, 4.69) is 4.99 Å². The Kier molecular flexibility index (Phi) is 6.79. The molecular weight excluding hydrogens is 382 g/mol. The molecule has 1 heterocycles. The number of amides is 2. The third-order valence-electron chi connectivity index (χ3n) is 3.44. The molecule has 0 radical (unpaired) electrons. The van der Waals surface area contributed by atoms with Crippen LogP contribution in [0.1, 0.15) is 19.4 Å². The van der Waals surface area contributed by atoms with Gasteiger partial charge in [-0.3, -0.25) is 0 Å². The molecule has 0 fully saturated rings. The van der Waals surface area contributed by atoms with Crippen molar-refractivity contribution in [3.05, 3.63) is 35.9 Å². The molecule has 1 aliphatic heterocycles. The summed E-state index contributed by atoms with van der Waals surface area (Å²) in [5.74, 6) is -0.628. The monoisotopic (exact) mass is 407 g/mol. The van der Waals surface area contributed by atoms with Crippen molar-refractivity contribution in [1.29, 1.82) is 0 Å². The highest BCUT2D eigenvalue weighted by molar-refractivity contribution is 6.71. The average Bonchev–Trinajstić information content (AvgIpc) is 3.02. The smallest absolute Gasteiger partial charge is 0.435 e. The number of hydrogen-bond acceptors (Lipinski definition) is 7. The summed E-state index contributed by atoms with van der Waals surface area (Å²) in [5.41, 5.74) is 0.535. The third-order valence-corrected chi connectivity index (χ3v) is 4.25. The van der Waals surface area contributed by atoms with Gasteiger partial charge in [-0.05, 0) is 33.5 Å². The highest BCUT2D eigenvalue weighted by atomic mass is 28.4. The summed E-state index contributed by atoms with van der Waals surface area (Å²) in [6.07, 6.45) is -3.13. The molecule has 0 aliphatic carbocycles. The highest BCUT2D eigenvalue weighted by Gasteiger charge is 2.48. The fraction of sp³-hybridized carbons (Fsp3) is 0.444. The number of nitrogens with zero attached hydrogens (tertiary/aromatic N) is 3. The number of hydrazine groups is 1. The molecule has 152 valence electrons. The molecule has 0 bridgehead atoms. The standard InChI is InChI=1S/C18H25N3O6Si/c1-6-25-17(23)20-14(13-11-9-8-10-12-13)19-15(16(22)27-28(3,4)5)21(20)18(24)26-7-2/h8-12,15H,6-7H2,1-5H3. The summed E-state index contributed by atoms with van der Waals surface area (Å²) in [5, 5.41) is 1.76. The van der Waals surface area contributed by atoms with Crippen LogP contribution in [0.25, 0.3) is 0 Å². The molecule has 1 aromatic rings. The highest BCUT2D eigenvalue weighted by Crippen LogP contribution is 2.25. The Morgan fingerprint density at radius 1 is 1.00 bits per heavy atom. The first-order valence-corrected chi connectivity index (χ1v) is 12.4. The van der Waals surface area contributed by atoms with Crippen LogP contribution in [0, 0.1) is 0 Å². The van der Waals surface area contributed by atoms with Crippen LogP contribution in [-0.4, -0.2) is 61.7 Å². The van der Waals surface area contributed by atoms with Crippen molar-refractivity contribution in [2.24, 2.45) is 4.99 Å². The molecule has 1 aliphatic rings. The molecule has 9 nitrogen and oxygen atoms in total. The molecule has 1 unspecified atom stereocenters. The summed E-state index contributed by atoms with van der Waals surface area (Å²) in [7, 11) is -2.27. The predicted octanol–water partition coefficient (Wildman–Crippen LogP) is 2.98. The van der Waals surface area contributed by atoms with Crippen LogP contribution >= 0.6 is 0 Å². The van der Waals surface area contributed by atoms with Crippen LogP contribution in [0.5, 0.6) is 0 Å². The van der Waals surface area contributed by atoms with E-state index in [1.165, 1.54) is 0 Å². The molecule has 2 rings (SSSR count). The molecule has 0 N–H and O–H groups in total. The summed E-state index contributed by atoms with van der Waals surface area (Å²) in [6, 6.07) is 8.72. The van der Waals surface area contributed by atoms with E-state index in [0.29, 0.717) is 5.56 Å². The maximum absolute atomic E-state index is 12.8. The van der Waals surface area contributed by atoms with E-state index in [-0.39, 0.29) is 19.0 Å². The lowest BCUT2D eigenvalue weighted by Gasteiger charge is -2.30. The molecule has 0 aromatic heterocycles. The van der Waals surface area contributed by atoms with E-state index in [9.17, 15) is 14.4 Å². The lowest BCUT2D eigenvalue weighted by atomic mass is 10.2. The van der Waals surface area contributed by atoms with Crippen LogP contribution in [0.4, 0.5) is 9.59 Å². The van der Waals surface area contributed by atoms with Gasteiger partial charge < -0.3 is 13.9 Å². The molecule has 0 saturated carbocycles. The Morgan fingerprint density at radius 2 is 1.57 bits per heavy atom. The van der Waals surface area contributed by atoms with Gasteiger partial charge in [0, 0.05) is 5.56 Å². The van der Waals surface area contributed by atoms with Gasteiger partial charge in [-0.25, -0.2) is 19.4 Å². The molecule has 28 heavy (non-hydrogen) atoms. The lowest BCUT2D eigenvalue weighted by molar-refractivity contribution is -0.142. The minimum Gasteiger partial charge on any atom is -0.517 e.